The van der Waals surface area contributed by atoms with Crippen LogP contribution in [-0.2, 0) is 4.79 Å². The maximum absolute atomic E-state index is 11.6. The summed E-state index contributed by atoms with van der Waals surface area (Å²) in [5.41, 5.74) is 7.49. The lowest BCUT2D eigenvalue weighted by atomic mass is 10.1. The quantitative estimate of drug-likeness (QED) is 0.764. The zero-order valence-electron chi connectivity index (χ0n) is 9.67. The number of anilines is 2. The fourth-order valence-corrected chi connectivity index (χ4v) is 2.72. The second-order valence-corrected chi connectivity index (χ2v) is 4.70. The minimum atomic E-state index is 0.306. The van der Waals surface area contributed by atoms with Crippen LogP contribution in [-0.4, -0.2) is 41.5 Å². The van der Waals surface area contributed by atoms with Crippen molar-refractivity contribution in [2.75, 3.05) is 30.3 Å². The lowest BCUT2D eigenvalue weighted by molar-refractivity contribution is -0.129. The van der Waals surface area contributed by atoms with Crippen LogP contribution in [0.5, 0.6) is 0 Å². The van der Waals surface area contributed by atoms with E-state index in [1.54, 1.807) is 6.20 Å². The summed E-state index contributed by atoms with van der Waals surface area (Å²) in [6, 6.07) is 2.32. The molecule has 0 aliphatic carbocycles. The number of rotatable bonds is 1. The molecule has 3 heterocycles. The predicted octanol–water partition coefficient (Wildman–Crippen LogP) is 0.475. The molecule has 1 unspecified atom stereocenters. The SMILES string of the molecule is Nc1cncc(N2CCN3C(=O)CCC3C2)c1. The van der Waals surface area contributed by atoms with Crippen molar-refractivity contribution in [1.82, 2.24) is 9.88 Å². The zero-order chi connectivity index (χ0) is 11.8. The molecule has 5 nitrogen and oxygen atoms in total. The van der Waals surface area contributed by atoms with Gasteiger partial charge in [0, 0.05) is 38.3 Å². The Morgan fingerprint density at radius 2 is 2.24 bits per heavy atom. The third kappa shape index (κ3) is 1.81. The molecule has 1 aromatic rings. The van der Waals surface area contributed by atoms with Gasteiger partial charge in [0.1, 0.15) is 0 Å². The maximum Gasteiger partial charge on any atom is 0.223 e. The lowest BCUT2D eigenvalue weighted by Crippen LogP contribution is -2.51. The molecule has 0 aromatic carbocycles. The van der Waals surface area contributed by atoms with Gasteiger partial charge in [0.2, 0.25) is 5.91 Å². The minimum absolute atomic E-state index is 0.306. The third-order valence-electron chi connectivity index (χ3n) is 3.60. The molecule has 2 fully saturated rings. The number of carbonyl (C=O) groups excluding carboxylic acids is 1. The molecule has 2 aliphatic rings. The van der Waals surface area contributed by atoms with E-state index in [2.05, 4.69) is 9.88 Å². The highest BCUT2D eigenvalue weighted by atomic mass is 16.2. The average Bonchev–Trinajstić information content (AvgIpc) is 2.71. The van der Waals surface area contributed by atoms with Gasteiger partial charge in [-0.2, -0.15) is 0 Å². The Morgan fingerprint density at radius 3 is 3.06 bits per heavy atom. The number of nitrogens with zero attached hydrogens (tertiary/aromatic N) is 3. The van der Waals surface area contributed by atoms with Crippen molar-refractivity contribution in [2.45, 2.75) is 18.9 Å². The van der Waals surface area contributed by atoms with Crippen molar-refractivity contribution in [2.24, 2.45) is 0 Å². The molecule has 3 rings (SSSR count). The highest BCUT2D eigenvalue weighted by molar-refractivity contribution is 5.79. The van der Waals surface area contributed by atoms with Gasteiger partial charge in [0.05, 0.1) is 17.6 Å². The number of aromatic nitrogens is 1. The number of nitrogen functional groups attached to an aromatic ring is 1. The van der Waals surface area contributed by atoms with E-state index >= 15 is 0 Å². The van der Waals surface area contributed by atoms with Crippen LogP contribution in [0.2, 0.25) is 0 Å². The fraction of sp³-hybridized carbons (Fsp3) is 0.500. The summed E-state index contributed by atoms with van der Waals surface area (Å²) >= 11 is 0. The van der Waals surface area contributed by atoms with Crippen LogP contribution in [0, 0.1) is 0 Å². The fourth-order valence-electron chi connectivity index (χ4n) is 2.72. The smallest absolute Gasteiger partial charge is 0.223 e. The molecule has 1 atom stereocenters. The van der Waals surface area contributed by atoms with Gasteiger partial charge >= 0.3 is 0 Å². The van der Waals surface area contributed by atoms with Crippen molar-refractivity contribution in [1.29, 1.82) is 0 Å². The molecule has 0 bridgehead atoms. The normalized spacial score (nSPS) is 24.0. The van der Waals surface area contributed by atoms with Crippen molar-refractivity contribution in [3.8, 4) is 0 Å². The maximum atomic E-state index is 11.6. The predicted molar refractivity (Wildman–Crippen MR) is 65.6 cm³/mol. The van der Waals surface area contributed by atoms with E-state index in [0.29, 0.717) is 24.1 Å². The van der Waals surface area contributed by atoms with E-state index in [0.717, 1.165) is 31.7 Å². The van der Waals surface area contributed by atoms with Gasteiger partial charge in [0.25, 0.3) is 0 Å². The number of pyridine rings is 1. The van der Waals surface area contributed by atoms with Crippen LogP contribution in [0.3, 0.4) is 0 Å². The van der Waals surface area contributed by atoms with Crippen LogP contribution < -0.4 is 10.6 Å². The van der Waals surface area contributed by atoms with Crippen LogP contribution in [0.25, 0.3) is 0 Å². The second kappa shape index (κ2) is 3.91. The molecular weight excluding hydrogens is 216 g/mol. The van der Waals surface area contributed by atoms with E-state index in [4.69, 9.17) is 5.73 Å². The molecule has 2 aliphatic heterocycles. The van der Waals surface area contributed by atoms with Gasteiger partial charge in [-0.3, -0.25) is 9.78 Å². The lowest BCUT2D eigenvalue weighted by Gasteiger charge is -2.38. The Hall–Kier alpha value is -1.78. The van der Waals surface area contributed by atoms with Gasteiger partial charge in [-0.05, 0) is 12.5 Å². The minimum Gasteiger partial charge on any atom is -0.397 e. The average molecular weight is 232 g/mol. The molecule has 17 heavy (non-hydrogen) atoms. The van der Waals surface area contributed by atoms with Gasteiger partial charge in [0.15, 0.2) is 0 Å². The number of amides is 1. The molecule has 0 radical (unpaired) electrons. The molecule has 2 saturated heterocycles. The molecule has 0 spiro atoms. The number of nitrogens with two attached hydrogens (primary N) is 1. The van der Waals surface area contributed by atoms with Crippen LogP contribution >= 0.6 is 0 Å². The molecule has 90 valence electrons. The first-order valence-electron chi connectivity index (χ1n) is 5.99. The second-order valence-electron chi connectivity index (χ2n) is 4.70. The van der Waals surface area contributed by atoms with E-state index in [1.807, 2.05) is 17.2 Å². The van der Waals surface area contributed by atoms with Gasteiger partial charge in [-0.15, -0.1) is 0 Å². The number of carbonyl (C=O) groups is 1. The number of hydrogen-bond donors (Lipinski definition) is 1. The van der Waals surface area contributed by atoms with Crippen molar-refractivity contribution in [3.05, 3.63) is 18.5 Å². The Kier molecular flexibility index (Phi) is 2.39. The summed E-state index contributed by atoms with van der Waals surface area (Å²) in [4.78, 5) is 20.0. The summed E-state index contributed by atoms with van der Waals surface area (Å²) in [7, 11) is 0. The summed E-state index contributed by atoms with van der Waals surface area (Å²) in [5, 5.41) is 0. The molecule has 0 saturated carbocycles. The third-order valence-corrected chi connectivity index (χ3v) is 3.60. The Labute approximate surface area is 100 Å². The molecule has 2 N–H and O–H groups in total. The van der Waals surface area contributed by atoms with Crippen LogP contribution in [0.4, 0.5) is 11.4 Å². The van der Waals surface area contributed by atoms with E-state index < -0.39 is 0 Å². The standard InChI is InChI=1S/C12H16N4O/c13-9-5-11(7-14-6-9)15-3-4-16-10(8-15)1-2-12(16)17/h5-7,10H,1-4,8,13H2. The number of hydrogen-bond acceptors (Lipinski definition) is 4. The van der Waals surface area contributed by atoms with E-state index in [9.17, 15) is 4.79 Å². The first kappa shape index (κ1) is 10.4. The molecular formula is C12H16N4O. The largest absolute Gasteiger partial charge is 0.397 e. The van der Waals surface area contributed by atoms with Crippen molar-refractivity contribution >= 4 is 17.3 Å². The highest BCUT2D eigenvalue weighted by Gasteiger charge is 2.35. The molecule has 1 aromatic heterocycles. The molecule has 1 amide bonds. The zero-order valence-corrected chi connectivity index (χ0v) is 9.67. The molecule has 5 heteroatoms. The summed E-state index contributed by atoms with van der Waals surface area (Å²) in [5.74, 6) is 0.306. The van der Waals surface area contributed by atoms with Gasteiger partial charge in [-0.25, -0.2) is 0 Å². The van der Waals surface area contributed by atoms with E-state index in [1.165, 1.54) is 0 Å². The van der Waals surface area contributed by atoms with Crippen molar-refractivity contribution in [3.63, 3.8) is 0 Å². The van der Waals surface area contributed by atoms with Crippen molar-refractivity contribution < 1.29 is 4.79 Å². The Balaban J connectivity index is 1.77. The first-order valence-corrected chi connectivity index (χ1v) is 5.99. The summed E-state index contributed by atoms with van der Waals surface area (Å²) in [6.07, 6.45) is 5.17. The van der Waals surface area contributed by atoms with Crippen LogP contribution in [0.15, 0.2) is 18.5 Å². The highest BCUT2D eigenvalue weighted by Crippen LogP contribution is 2.26. The number of fused-ring (bicyclic) bond motifs is 1. The first-order chi connectivity index (χ1) is 8.24. The monoisotopic (exact) mass is 232 g/mol. The Bertz CT molecular complexity index is 448. The Morgan fingerprint density at radius 1 is 1.35 bits per heavy atom. The summed E-state index contributed by atoms with van der Waals surface area (Å²) in [6.45, 7) is 2.59. The van der Waals surface area contributed by atoms with Gasteiger partial charge in [-0.1, -0.05) is 0 Å². The topological polar surface area (TPSA) is 62.5 Å². The number of piperazine rings is 1. The summed E-state index contributed by atoms with van der Waals surface area (Å²) < 4.78 is 0. The van der Waals surface area contributed by atoms with E-state index in [-0.39, 0.29) is 0 Å². The van der Waals surface area contributed by atoms with Gasteiger partial charge < -0.3 is 15.5 Å². The van der Waals surface area contributed by atoms with Crippen LogP contribution in [0.1, 0.15) is 12.8 Å².